The maximum absolute atomic E-state index is 13.2. The summed E-state index contributed by atoms with van der Waals surface area (Å²) >= 11 is 1.16. The third kappa shape index (κ3) is 7.75. The van der Waals surface area contributed by atoms with Crippen molar-refractivity contribution in [3.8, 4) is 0 Å². The Morgan fingerprint density at radius 3 is 2.10 bits per heavy atom. The third-order valence-corrected chi connectivity index (χ3v) is 9.55. The van der Waals surface area contributed by atoms with Gasteiger partial charge in [0.05, 0.1) is 0 Å². The molecule has 0 spiro atoms. The fourth-order valence-electron chi connectivity index (χ4n) is 4.03. The van der Waals surface area contributed by atoms with Crippen molar-refractivity contribution in [1.82, 2.24) is 9.29 Å². The van der Waals surface area contributed by atoms with Crippen molar-refractivity contribution in [1.29, 1.82) is 0 Å². The lowest BCUT2D eigenvalue weighted by atomic mass is 9.94. The van der Waals surface area contributed by atoms with Gasteiger partial charge in [-0.05, 0) is 60.2 Å². The van der Waals surface area contributed by atoms with Crippen molar-refractivity contribution < 1.29 is 49.8 Å². The van der Waals surface area contributed by atoms with Crippen LogP contribution in [0, 0.1) is 0 Å². The predicted octanol–water partition coefficient (Wildman–Crippen LogP) is 4.67. The molecule has 1 aliphatic heterocycles. The summed E-state index contributed by atoms with van der Waals surface area (Å²) in [4.78, 5) is 14.9. The minimum absolute atomic E-state index is 0.227. The molecule has 0 unspecified atom stereocenters. The number of aromatic nitrogens is 1. The van der Waals surface area contributed by atoms with Crippen molar-refractivity contribution in [3.05, 3.63) is 77.4 Å². The topological polar surface area (TPSA) is 111 Å². The molecule has 0 radical (unpaired) electrons. The fourth-order valence-corrected chi connectivity index (χ4v) is 6.64. The van der Waals surface area contributed by atoms with E-state index in [1.807, 2.05) is 17.0 Å². The highest BCUT2D eigenvalue weighted by atomic mass is 32.2. The molecule has 1 aliphatic rings. The smallest absolute Gasteiger partial charge is 0.475 e. The maximum atomic E-state index is 13.2. The number of aliphatic hydroxyl groups is 1. The summed E-state index contributed by atoms with van der Waals surface area (Å²) in [5, 5.41) is 18.8. The molecule has 2 N–H and O–H groups in total. The zero-order chi connectivity index (χ0) is 30.6. The lowest BCUT2D eigenvalue weighted by molar-refractivity contribution is -0.258. The highest BCUT2D eigenvalue weighted by Crippen LogP contribution is 2.39. The van der Waals surface area contributed by atoms with Crippen LogP contribution in [0.25, 0.3) is 0 Å². The van der Waals surface area contributed by atoms with Crippen LogP contribution < -0.4 is 4.90 Å². The van der Waals surface area contributed by atoms with Crippen LogP contribution >= 0.6 is 11.3 Å². The van der Waals surface area contributed by atoms with Crippen LogP contribution in [0.5, 0.6) is 0 Å². The van der Waals surface area contributed by atoms with E-state index in [-0.39, 0.29) is 28.9 Å². The Balaban J connectivity index is 0.000000587. The van der Waals surface area contributed by atoms with Gasteiger partial charge >= 0.3 is 18.3 Å². The molecule has 4 rings (SSSR count). The van der Waals surface area contributed by atoms with Gasteiger partial charge in [0.1, 0.15) is 4.21 Å². The number of thiophene rings is 1. The van der Waals surface area contributed by atoms with Crippen molar-refractivity contribution in [2.45, 2.75) is 41.5 Å². The number of carbonyl (C=O) groups is 1. The van der Waals surface area contributed by atoms with E-state index in [4.69, 9.17) is 9.90 Å². The average Bonchev–Trinajstić information content (AvgIpc) is 3.45. The number of rotatable bonds is 6. The van der Waals surface area contributed by atoms with Gasteiger partial charge in [0.2, 0.25) is 0 Å². The minimum Gasteiger partial charge on any atom is -0.475 e. The van der Waals surface area contributed by atoms with Crippen molar-refractivity contribution in [2.24, 2.45) is 0 Å². The molecule has 16 heteroatoms. The van der Waals surface area contributed by atoms with E-state index in [1.165, 1.54) is 16.4 Å². The van der Waals surface area contributed by atoms with E-state index >= 15 is 0 Å². The number of anilines is 1. The average molecular weight is 626 g/mol. The van der Waals surface area contributed by atoms with Gasteiger partial charge in [-0.1, -0.05) is 18.2 Å². The van der Waals surface area contributed by atoms with Crippen LogP contribution in [-0.2, 0) is 26.8 Å². The molecule has 8 nitrogen and oxygen atoms in total. The molecule has 3 heterocycles. The normalized spacial score (nSPS) is 18.2. The Morgan fingerprint density at radius 2 is 1.61 bits per heavy atom. The number of hydrogen-bond donors (Lipinski definition) is 2. The van der Waals surface area contributed by atoms with Gasteiger partial charge in [-0.25, -0.2) is 13.2 Å². The van der Waals surface area contributed by atoms with Gasteiger partial charge in [-0.3, -0.25) is 4.98 Å². The van der Waals surface area contributed by atoms with E-state index in [1.54, 1.807) is 42.0 Å². The van der Waals surface area contributed by atoms with E-state index in [2.05, 4.69) is 4.98 Å². The molecule has 1 fully saturated rings. The van der Waals surface area contributed by atoms with Gasteiger partial charge in [-0.2, -0.15) is 30.6 Å². The number of aliphatic carboxylic acids is 1. The molecule has 0 bridgehead atoms. The number of sulfonamides is 1. The molecule has 224 valence electrons. The molecule has 3 aromatic rings. The van der Waals surface area contributed by atoms with Crippen LogP contribution in [0.4, 0.5) is 32.0 Å². The molecule has 0 amide bonds. The number of nitrogens with zero attached hydrogens (tertiary/aromatic N) is 3. The summed E-state index contributed by atoms with van der Waals surface area (Å²) in [6.07, 6.45) is -6.03. The quantitative estimate of drug-likeness (QED) is 0.383. The van der Waals surface area contributed by atoms with Gasteiger partial charge in [0, 0.05) is 43.8 Å². The Kier molecular flexibility index (Phi) is 9.73. The van der Waals surface area contributed by atoms with Gasteiger partial charge in [-0.15, -0.1) is 11.3 Å². The predicted molar refractivity (Wildman–Crippen MR) is 138 cm³/mol. The molecular weight excluding hydrogens is 600 g/mol. The highest BCUT2D eigenvalue weighted by molar-refractivity contribution is 7.91. The second-order valence-corrected chi connectivity index (χ2v) is 12.2. The Bertz CT molecular complexity index is 1400. The first kappa shape index (κ1) is 32.3. The molecule has 0 aliphatic carbocycles. The highest BCUT2D eigenvalue weighted by Gasteiger charge is 2.51. The van der Waals surface area contributed by atoms with Crippen LogP contribution in [0.1, 0.15) is 18.1 Å². The lowest BCUT2D eigenvalue weighted by Crippen LogP contribution is -2.55. The van der Waals surface area contributed by atoms with Crippen LogP contribution in [0.3, 0.4) is 0 Å². The molecule has 2 atom stereocenters. The largest absolute Gasteiger partial charge is 0.490 e. The lowest BCUT2D eigenvalue weighted by Gasteiger charge is -2.42. The zero-order valence-electron chi connectivity index (χ0n) is 21.3. The molecule has 2 aromatic heterocycles. The maximum Gasteiger partial charge on any atom is 0.490 e. The standard InChI is InChI=1S/C23H24F3N3O3S2.C2HF3O2/c1-22(30,23(24,25)26)18-4-6-19(7-5-18)29-13-12-28(34(31,32)21-3-2-14-33-21)16-20(29)15-17-8-10-27-11-9-17;3-2(4,5)1(6)7/h2-11,14,20,30H,12-13,15-16H2,1H3;(H,6,7)/t20-,22-;/m1./s1. The molecule has 1 aromatic carbocycles. The molecule has 0 saturated carbocycles. The van der Waals surface area contributed by atoms with Crippen molar-refractivity contribution in [2.75, 3.05) is 24.5 Å². The van der Waals surface area contributed by atoms with Gasteiger partial charge in [0.15, 0.2) is 5.60 Å². The third-order valence-electron chi connectivity index (χ3n) is 6.31. The Hall–Kier alpha value is -3.21. The van der Waals surface area contributed by atoms with E-state index in [9.17, 15) is 39.9 Å². The number of hydrogen-bond acceptors (Lipinski definition) is 7. The molecular formula is C25H25F6N3O5S2. The zero-order valence-corrected chi connectivity index (χ0v) is 22.9. The van der Waals surface area contributed by atoms with Crippen LogP contribution in [0.2, 0.25) is 0 Å². The van der Waals surface area contributed by atoms with Crippen molar-refractivity contribution in [3.63, 3.8) is 0 Å². The number of alkyl halides is 6. The SMILES string of the molecule is C[C@@](O)(c1ccc(N2CCN(S(=O)(=O)c3cccs3)C[C@H]2Cc2ccncc2)cc1)C(F)(F)F.O=C(O)C(F)(F)F. The number of halogens is 6. The second kappa shape index (κ2) is 12.3. The molecule has 1 saturated heterocycles. The number of carboxylic acids is 1. The minimum atomic E-state index is -5.08. The Morgan fingerprint density at radius 1 is 1.02 bits per heavy atom. The van der Waals surface area contributed by atoms with Gasteiger partial charge < -0.3 is 15.1 Å². The van der Waals surface area contributed by atoms with E-state index in [0.717, 1.165) is 23.8 Å². The van der Waals surface area contributed by atoms with E-state index < -0.39 is 33.9 Å². The fraction of sp³-hybridized carbons (Fsp3) is 0.360. The monoisotopic (exact) mass is 625 g/mol. The summed E-state index contributed by atoms with van der Waals surface area (Å²) in [5.41, 5.74) is -1.59. The van der Waals surface area contributed by atoms with Crippen LogP contribution in [-0.4, -0.2) is 71.9 Å². The Labute approximate surface area is 235 Å². The summed E-state index contributed by atoms with van der Waals surface area (Å²) in [6.45, 7) is 1.57. The first-order chi connectivity index (χ1) is 18.9. The summed E-state index contributed by atoms with van der Waals surface area (Å²) in [6, 6.07) is 12.3. The second-order valence-electron chi connectivity index (χ2n) is 9.12. The first-order valence-electron chi connectivity index (χ1n) is 11.8. The summed E-state index contributed by atoms with van der Waals surface area (Å²) in [7, 11) is -3.64. The summed E-state index contributed by atoms with van der Waals surface area (Å²) < 4.78 is 99.4. The summed E-state index contributed by atoms with van der Waals surface area (Å²) in [5.74, 6) is -2.76. The number of carboxylic acid groups (broad SMARTS) is 1. The molecule has 41 heavy (non-hydrogen) atoms. The van der Waals surface area contributed by atoms with Crippen molar-refractivity contribution >= 4 is 33.0 Å². The number of piperazine rings is 1. The first-order valence-corrected chi connectivity index (χ1v) is 14.2. The number of pyridine rings is 1. The van der Waals surface area contributed by atoms with E-state index in [0.29, 0.717) is 18.7 Å². The number of benzene rings is 1. The van der Waals surface area contributed by atoms with Gasteiger partial charge in [0.25, 0.3) is 10.0 Å². The van der Waals surface area contributed by atoms with Crippen LogP contribution in [0.15, 0.2) is 70.5 Å².